The minimum atomic E-state index is -0.604. The number of para-hydroxylation sites is 1. The van der Waals surface area contributed by atoms with E-state index in [0.29, 0.717) is 11.0 Å². The van der Waals surface area contributed by atoms with Gasteiger partial charge < -0.3 is 9.52 Å². The van der Waals surface area contributed by atoms with Crippen LogP contribution >= 0.6 is 0 Å². The van der Waals surface area contributed by atoms with E-state index >= 15 is 0 Å². The summed E-state index contributed by atoms with van der Waals surface area (Å²) in [5, 5.41) is 11.3. The maximum Gasteiger partial charge on any atom is 0.344 e. The van der Waals surface area contributed by atoms with Crippen LogP contribution in [0.15, 0.2) is 94.1 Å². The van der Waals surface area contributed by atoms with Crippen molar-refractivity contribution in [2.75, 3.05) is 0 Å². The molecule has 0 saturated carbocycles. The summed E-state index contributed by atoms with van der Waals surface area (Å²) in [6, 6.07) is 25.9. The molecule has 4 rings (SSSR count). The fourth-order valence-corrected chi connectivity index (χ4v) is 3.05. The Morgan fingerprint density at radius 2 is 1.44 bits per heavy atom. The highest BCUT2D eigenvalue weighted by Crippen LogP contribution is 2.33. The van der Waals surface area contributed by atoms with E-state index in [1.165, 1.54) is 0 Å². The largest absolute Gasteiger partial charge is 0.507 e. The standard InChI is InChI=1S/C24H16O3/c25-23-20-13-7-8-14-21(20)27-24(26)22(23)19(18-11-5-2-6-12-18)16-15-17-9-3-1-4-10-17/h1-14,19,25H. The van der Waals surface area contributed by atoms with Gasteiger partial charge in [-0.25, -0.2) is 4.79 Å². The van der Waals surface area contributed by atoms with Crippen LogP contribution < -0.4 is 5.63 Å². The Labute approximate surface area is 156 Å². The zero-order valence-electron chi connectivity index (χ0n) is 14.4. The van der Waals surface area contributed by atoms with Crippen molar-refractivity contribution in [1.29, 1.82) is 0 Å². The Hall–Kier alpha value is -3.77. The van der Waals surface area contributed by atoms with Gasteiger partial charge in [-0.05, 0) is 29.8 Å². The molecule has 0 aliphatic carbocycles. The number of fused-ring (bicyclic) bond motifs is 1. The van der Waals surface area contributed by atoms with Crippen LogP contribution in [0.25, 0.3) is 11.0 Å². The van der Waals surface area contributed by atoms with Gasteiger partial charge in [0.1, 0.15) is 11.3 Å². The SMILES string of the molecule is O=c1oc2ccccc2c(O)c1C(C#Cc1ccccc1)c1ccccc1. The van der Waals surface area contributed by atoms with Crippen LogP contribution in [-0.2, 0) is 0 Å². The van der Waals surface area contributed by atoms with Crippen LogP contribution in [0.3, 0.4) is 0 Å². The second kappa shape index (κ2) is 7.23. The van der Waals surface area contributed by atoms with Gasteiger partial charge in [-0.15, -0.1) is 0 Å². The molecule has 0 fully saturated rings. The lowest BCUT2D eigenvalue weighted by molar-refractivity contribution is 0.456. The average Bonchev–Trinajstić information content (AvgIpc) is 2.72. The van der Waals surface area contributed by atoms with Crippen molar-refractivity contribution in [3.63, 3.8) is 0 Å². The van der Waals surface area contributed by atoms with Crippen LogP contribution in [0.2, 0.25) is 0 Å². The Bertz CT molecular complexity index is 1200. The van der Waals surface area contributed by atoms with E-state index in [9.17, 15) is 9.90 Å². The van der Waals surface area contributed by atoms with E-state index in [0.717, 1.165) is 11.1 Å². The van der Waals surface area contributed by atoms with E-state index < -0.39 is 11.5 Å². The first-order chi connectivity index (χ1) is 13.2. The summed E-state index contributed by atoms with van der Waals surface area (Å²) >= 11 is 0. The third-order valence-electron chi connectivity index (χ3n) is 4.38. The molecule has 1 atom stereocenters. The van der Waals surface area contributed by atoms with Crippen LogP contribution in [-0.4, -0.2) is 5.11 Å². The summed E-state index contributed by atoms with van der Waals surface area (Å²) in [5.74, 6) is 5.56. The number of aromatic hydroxyl groups is 1. The summed E-state index contributed by atoms with van der Waals surface area (Å²) in [4.78, 5) is 12.7. The van der Waals surface area contributed by atoms with Crippen molar-refractivity contribution in [3.8, 4) is 17.6 Å². The average molecular weight is 352 g/mol. The molecule has 1 N–H and O–H groups in total. The quantitative estimate of drug-likeness (QED) is 0.421. The molecule has 1 heterocycles. The highest BCUT2D eigenvalue weighted by atomic mass is 16.4. The second-order valence-corrected chi connectivity index (χ2v) is 6.13. The molecule has 1 aromatic heterocycles. The van der Waals surface area contributed by atoms with Gasteiger partial charge in [0, 0.05) is 5.56 Å². The van der Waals surface area contributed by atoms with Crippen LogP contribution in [0, 0.1) is 11.8 Å². The third kappa shape index (κ3) is 3.33. The van der Waals surface area contributed by atoms with E-state index in [2.05, 4.69) is 11.8 Å². The van der Waals surface area contributed by atoms with E-state index in [1.54, 1.807) is 24.3 Å². The van der Waals surface area contributed by atoms with Gasteiger partial charge in [0.2, 0.25) is 0 Å². The van der Waals surface area contributed by atoms with Crippen molar-refractivity contribution in [1.82, 2.24) is 0 Å². The van der Waals surface area contributed by atoms with Gasteiger partial charge in [0.25, 0.3) is 0 Å². The summed E-state index contributed by atoms with van der Waals surface area (Å²) in [7, 11) is 0. The first-order valence-corrected chi connectivity index (χ1v) is 8.60. The monoisotopic (exact) mass is 352 g/mol. The number of hydrogen-bond donors (Lipinski definition) is 1. The van der Waals surface area contributed by atoms with E-state index in [4.69, 9.17) is 4.42 Å². The molecular weight excluding hydrogens is 336 g/mol. The van der Waals surface area contributed by atoms with Crippen LogP contribution in [0.5, 0.6) is 5.75 Å². The lowest BCUT2D eigenvalue weighted by Gasteiger charge is -2.13. The van der Waals surface area contributed by atoms with Crippen molar-refractivity contribution in [2.24, 2.45) is 0 Å². The molecule has 0 amide bonds. The Morgan fingerprint density at radius 1 is 0.815 bits per heavy atom. The molecule has 1 unspecified atom stereocenters. The summed E-state index contributed by atoms with van der Waals surface area (Å²) < 4.78 is 5.44. The van der Waals surface area contributed by atoms with Crippen molar-refractivity contribution in [2.45, 2.75) is 5.92 Å². The molecule has 0 bridgehead atoms. The topological polar surface area (TPSA) is 50.4 Å². The molecule has 0 spiro atoms. The highest BCUT2D eigenvalue weighted by molar-refractivity contribution is 5.84. The molecule has 130 valence electrons. The molecule has 0 radical (unpaired) electrons. The third-order valence-corrected chi connectivity index (χ3v) is 4.38. The van der Waals surface area contributed by atoms with Gasteiger partial charge >= 0.3 is 5.63 Å². The minimum Gasteiger partial charge on any atom is -0.507 e. The lowest BCUT2D eigenvalue weighted by Crippen LogP contribution is -2.13. The summed E-state index contributed by atoms with van der Waals surface area (Å²) in [5.41, 5.74) is 1.58. The van der Waals surface area contributed by atoms with E-state index in [-0.39, 0.29) is 11.3 Å². The zero-order valence-corrected chi connectivity index (χ0v) is 14.4. The predicted molar refractivity (Wildman–Crippen MR) is 106 cm³/mol. The smallest absolute Gasteiger partial charge is 0.344 e. The molecular formula is C24H16O3. The van der Waals surface area contributed by atoms with Gasteiger partial charge in [0.15, 0.2) is 0 Å². The molecule has 0 aliphatic heterocycles. The number of rotatable bonds is 2. The summed E-state index contributed by atoms with van der Waals surface area (Å²) in [6.45, 7) is 0. The highest BCUT2D eigenvalue weighted by Gasteiger charge is 2.23. The normalized spacial score (nSPS) is 11.6. The van der Waals surface area contributed by atoms with Gasteiger partial charge in [-0.1, -0.05) is 72.5 Å². The Kier molecular flexibility index (Phi) is 4.47. The van der Waals surface area contributed by atoms with Crippen LogP contribution in [0.4, 0.5) is 0 Å². The predicted octanol–water partition coefficient (Wildman–Crippen LogP) is 4.68. The Balaban J connectivity index is 1.94. The molecule has 4 aromatic rings. The molecule has 27 heavy (non-hydrogen) atoms. The maximum atomic E-state index is 12.7. The Morgan fingerprint density at radius 3 is 2.19 bits per heavy atom. The minimum absolute atomic E-state index is 0.0851. The first-order valence-electron chi connectivity index (χ1n) is 8.60. The molecule has 0 saturated heterocycles. The molecule has 3 aromatic carbocycles. The second-order valence-electron chi connectivity index (χ2n) is 6.13. The molecule has 3 heteroatoms. The zero-order chi connectivity index (χ0) is 18.6. The first kappa shape index (κ1) is 16.7. The fraction of sp³-hybridized carbons (Fsp3) is 0.0417. The molecule has 3 nitrogen and oxygen atoms in total. The van der Waals surface area contributed by atoms with Crippen LogP contribution in [0.1, 0.15) is 22.6 Å². The lowest BCUT2D eigenvalue weighted by atomic mass is 9.91. The number of benzene rings is 3. The number of hydrogen-bond acceptors (Lipinski definition) is 3. The van der Waals surface area contributed by atoms with Gasteiger partial charge in [-0.3, -0.25) is 0 Å². The molecule has 0 aliphatic rings. The summed E-state index contributed by atoms with van der Waals surface area (Å²) in [6.07, 6.45) is 0. The fourth-order valence-electron chi connectivity index (χ4n) is 3.05. The van der Waals surface area contributed by atoms with Crippen molar-refractivity contribution < 1.29 is 9.52 Å². The van der Waals surface area contributed by atoms with Crippen molar-refractivity contribution in [3.05, 3.63) is 112 Å². The maximum absolute atomic E-state index is 12.7. The van der Waals surface area contributed by atoms with Crippen molar-refractivity contribution >= 4 is 11.0 Å². The van der Waals surface area contributed by atoms with Gasteiger partial charge in [-0.2, -0.15) is 0 Å². The van der Waals surface area contributed by atoms with Gasteiger partial charge in [0.05, 0.1) is 16.9 Å². The van der Waals surface area contributed by atoms with E-state index in [1.807, 2.05) is 60.7 Å².